The number of nitrogens with one attached hydrogen (secondary N) is 2. The lowest BCUT2D eigenvalue weighted by Gasteiger charge is -2.36. The van der Waals surface area contributed by atoms with Gasteiger partial charge in [-0.2, -0.15) is 0 Å². The summed E-state index contributed by atoms with van der Waals surface area (Å²) >= 11 is 0. The monoisotopic (exact) mass is 272 g/mol. The summed E-state index contributed by atoms with van der Waals surface area (Å²) in [5.74, 6) is -1.37. The van der Waals surface area contributed by atoms with Crippen molar-refractivity contribution in [2.75, 3.05) is 13.7 Å². The third-order valence-corrected chi connectivity index (χ3v) is 3.89. The lowest BCUT2D eigenvalue weighted by Crippen LogP contribution is -2.50. The summed E-state index contributed by atoms with van der Waals surface area (Å²) < 4.78 is 0. The summed E-state index contributed by atoms with van der Waals surface area (Å²) in [4.78, 5) is 22.9. The highest BCUT2D eigenvalue weighted by atomic mass is 16.4. The summed E-state index contributed by atoms with van der Waals surface area (Å²) in [6.45, 7) is -0.256. The number of rotatable bonds is 7. The molecule has 0 aliphatic heterocycles. The zero-order valence-corrected chi connectivity index (χ0v) is 11.4. The van der Waals surface area contributed by atoms with Crippen LogP contribution in [0.15, 0.2) is 0 Å². The first-order valence-corrected chi connectivity index (χ1v) is 6.85. The Morgan fingerprint density at radius 3 is 2.37 bits per heavy atom. The summed E-state index contributed by atoms with van der Waals surface area (Å²) in [6, 6.07) is -1.00. The number of carboxylic acid groups (broad SMARTS) is 1. The first-order valence-electron chi connectivity index (χ1n) is 6.85. The molecule has 1 rings (SSSR count). The Labute approximate surface area is 113 Å². The van der Waals surface area contributed by atoms with Crippen molar-refractivity contribution in [2.24, 2.45) is 0 Å². The molecule has 0 aromatic heterocycles. The van der Waals surface area contributed by atoms with Crippen LogP contribution in [0.25, 0.3) is 0 Å². The first-order chi connectivity index (χ1) is 9.03. The number of carbonyl (C=O) groups is 2. The highest BCUT2D eigenvalue weighted by molar-refractivity contribution is 5.84. The van der Waals surface area contributed by atoms with Crippen molar-refractivity contribution in [3.05, 3.63) is 0 Å². The van der Waals surface area contributed by atoms with Crippen molar-refractivity contribution >= 4 is 11.9 Å². The van der Waals surface area contributed by atoms with Crippen LogP contribution in [-0.2, 0) is 9.59 Å². The van der Waals surface area contributed by atoms with Crippen LogP contribution in [0.4, 0.5) is 0 Å². The molecule has 0 aromatic rings. The van der Waals surface area contributed by atoms with Crippen molar-refractivity contribution in [1.82, 2.24) is 10.6 Å². The average molecular weight is 272 g/mol. The van der Waals surface area contributed by atoms with Crippen LogP contribution in [0, 0.1) is 0 Å². The van der Waals surface area contributed by atoms with E-state index in [0.29, 0.717) is 6.42 Å². The van der Waals surface area contributed by atoms with Gasteiger partial charge in [0.15, 0.2) is 0 Å². The Balaban J connectivity index is 2.54. The van der Waals surface area contributed by atoms with Crippen molar-refractivity contribution < 1.29 is 19.8 Å². The van der Waals surface area contributed by atoms with E-state index in [-0.39, 0.29) is 24.5 Å². The van der Waals surface area contributed by atoms with Crippen LogP contribution in [0.2, 0.25) is 0 Å². The number of aliphatic carboxylic acids is 1. The summed E-state index contributed by atoms with van der Waals surface area (Å²) in [6.07, 6.45) is 5.57. The van der Waals surface area contributed by atoms with Gasteiger partial charge in [0.2, 0.25) is 5.91 Å². The number of carboxylic acids is 1. The lowest BCUT2D eigenvalue weighted by atomic mass is 9.79. The van der Waals surface area contributed by atoms with Crippen LogP contribution in [-0.4, -0.2) is 47.3 Å². The van der Waals surface area contributed by atoms with Gasteiger partial charge in [-0.15, -0.1) is 0 Å². The van der Waals surface area contributed by atoms with E-state index >= 15 is 0 Å². The van der Waals surface area contributed by atoms with Crippen molar-refractivity contribution in [2.45, 2.75) is 56.5 Å². The molecule has 1 aliphatic carbocycles. The van der Waals surface area contributed by atoms with Gasteiger partial charge in [0, 0.05) is 25.0 Å². The minimum Gasteiger partial charge on any atom is -0.480 e. The molecule has 6 nitrogen and oxygen atoms in total. The Morgan fingerprint density at radius 1 is 1.26 bits per heavy atom. The molecular formula is C13H24N2O4. The van der Waals surface area contributed by atoms with Gasteiger partial charge in [-0.05, 0) is 19.9 Å². The molecule has 0 saturated heterocycles. The number of aliphatic hydroxyl groups excluding tert-OH is 1. The number of hydrogen-bond acceptors (Lipinski definition) is 4. The molecule has 19 heavy (non-hydrogen) atoms. The minimum absolute atomic E-state index is 0.0353. The second-order valence-corrected chi connectivity index (χ2v) is 5.24. The van der Waals surface area contributed by atoms with Crippen LogP contribution in [0.5, 0.6) is 0 Å². The van der Waals surface area contributed by atoms with Gasteiger partial charge in [-0.3, -0.25) is 4.79 Å². The zero-order valence-electron chi connectivity index (χ0n) is 11.4. The number of carbonyl (C=O) groups excluding carboxylic acids is 1. The maximum atomic E-state index is 12.0. The largest absolute Gasteiger partial charge is 0.480 e. The maximum Gasteiger partial charge on any atom is 0.326 e. The van der Waals surface area contributed by atoms with Crippen LogP contribution in [0.3, 0.4) is 0 Å². The Hall–Kier alpha value is -1.14. The topological polar surface area (TPSA) is 98.7 Å². The van der Waals surface area contributed by atoms with E-state index in [1.807, 2.05) is 7.05 Å². The predicted octanol–water partition coefficient (Wildman–Crippen LogP) is 0.251. The van der Waals surface area contributed by atoms with Crippen LogP contribution >= 0.6 is 0 Å². The van der Waals surface area contributed by atoms with Gasteiger partial charge in [-0.1, -0.05) is 19.3 Å². The van der Waals surface area contributed by atoms with E-state index in [1.54, 1.807) is 0 Å². The van der Waals surface area contributed by atoms with Gasteiger partial charge in [0.05, 0.1) is 0 Å². The lowest BCUT2D eigenvalue weighted by molar-refractivity contribution is -0.142. The fraction of sp³-hybridized carbons (Fsp3) is 0.846. The summed E-state index contributed by atoms with van der Waals surface area (Å²) in [5, 5.41) is 23.4. The molecule has 4 N–H and O–H groups in total. The van der Waals surface area contributed by atoms with Gasteiger partial charge in [-0.25, -0.2) is 4.79 Å². The van der Waals surface area contributed by atoms with Crippen LogP contribution < -0.4 is 10.6 Å². The Morgan fingerprint density at radius 2 is 1.89 bits per heavy atom. The Bertz CT molecular complexity index is 314. The molecule has 1 fully saturated rings. The second kappa shape index (κ2) is 7.45. The zero-order chi connectivity index (χ0) is 14.3. The predicted molar refractivity (Wildman–Crippen MR) is 70.8 cm³/mol. The number of aliphatic hydroxyl groups is 1. The third kappa shape index (κ3) is 4.80. The molecule has 0 heterocycles. The average Bonchev–Trinajstić information content (AvgIpc) is 2.39. The molecular weight excluding hydrogens is 248 g/mol. The fourth-order valence-electron chi connectivity index (χ4n) is 2.68. The third-order valence-electron chi connectivity index (χ3n) is 3.89. The highest BCUT2D eigenvalue weighted by Gasteiger charge is 2.33. The van der Waals surface area contributed by atoms with E-state index in [9.17, 15) is 9.59 Å². The molecule has 0 aromatic carbocycles. The van der Waals surface area contributed by atoms with Crippen LogP contribution in [0.1, 0.15) is 44.9 Å². The van der Waals surface area contributed by atoms with E-state index < -0.39 is 12.0 Å². The maximum absolute atomic E-state index is 12.0. The molecule has 1 saturated carbocycles. The van der Waals surface area contributed by atoms with Gasteiger partial charge in [0.1, 0.15) is 6.04 Å². The molecule has 0 spiro atoms. The number of amides is 1. The van der Waals surface area contributed by atoms with Gasteiger partial charge >= 0.3 is 5.97 Å². The Kier molecular flexibility index (Phi) is 6.24. The fourth-order valence-corrected chi connectivity index (χ4v) is 2.68. The molecule has 0 bridgehead atoms. The van der Waals surface area contributed by atoms with E-state index in [0.717, 1.165) is 25.7 Å². The van der Waals surface area contributed by atoms with Crippen molar-refractivity contribution in [1.29, 1.82) is 0 Å². The standard InChI is InChI=1S/C13H24N2O4/c1-14-13(6-3-2-4-7-13)9-11(17)15-10(5-8-16)12(18)19/h10,14,16H,2-9H2,1H3,(H,15,17)(H,18,19)/t10-/m0/s1. The SMILES string of the molecule is CNC1(CC(=O)N[C@@H](CCO)C(=O)O)CCCCC1. The van der Waals surface area contributed by atoms with Gasteiger partial charge in [0.25, 0.3) is 0 Å². The van der Waals surface area contributed by atoms with Gasteiger partial charge < -0.3 is 20.8 Å². The molecule has 6 heteroatoms. The van der Waals surface area contributed by atoms with E-state index in [2.05, 4.69) is 10.6 Å². The second-order valence-electron chi connectivity index (χ2n) is 5.24. The van der Waals surface area contributed by atoms with Crippen molar-refractivity contribution in [3.8, 4) is 0 Å². The summed E-state index contributed by atoms with van der Waals surface area (Å²) in [5.41, 5.74) is -0.204. The molecule has 110 valence electrons. The minimum atomic E-state index is -1.11. The smallest absolute Gasteiger partial charge is 0.326 e. The molecule has 1 aliphatic rings. The summed E-state index contributed by atoms with van der Waals surface area (Å²) in [7, 11) is 1.85. The number of hydrogen-bond donors (Lipinski definition) is 4. The van der Waals surface area contributed by atoms with Crippen molar-refractivity contribution in [3.63, 3.8) is 0 Å². The van der Waals surface area contributed by atoms with E-state index in [4.69, 9.17) is 10.2 Å². The quantitative estimate of drug-likeness (QED) is 0.532. The normalized spacial score (nSPS) is 19.7. The molecule has 1 amide bonds. The molecule has 1 atom stereocenters. The molecule has 0 radical (unpaired) electrons. The highest BCUT2D eigenvalue weighted by Crippen LogP contribution is 2.30. The molecule has 0 unspecified atom stereocenters. The first kappa shape index (κ1) is 15.9. The van der Waals surface area contributed by atoms with E-state index in [1.165, 1.54) is 6.42 Å².